The molecule has 1 N–H and O–H groups in total. The Morgan fingerprint density at radius 3 is 2.58 bits per heavy atom. The summed E-state index contributed by atoms with van der Waals surface area (Å²) in [5, 5.41) is 3.63. The number of amides is 2. The third-order valence-corrected chi connectivity index (χ3v) is 3.87. The Morgan fingerprint density at radius 2 is 2.05 bits per heavy atom. The van der Waals surface area contributed by atoms with Gasteiger partial charge in [-0.1, -0.05) is 29.3 Å². The predicted octanol–water partition coefficient (Wildman–Crippen LogP) is 1.88. The van der Waals surface area contributed by atoms with Crippen LogP contribution in [0.4, 0.5) is 0 Å². The number of halogens is 2. The van der Waals surface area contributed by atoms with Gasteiger partial charge in [0.15, 0.2) is 0 Å². The quantitative estimate of drug-likeness (QED) is 0.927. The molecule has 2 amide bonds. The standard InChI is InChI=1S/C13H14Cl2N2O2/c1-17-6-5-11(13(17)19)16-12(18)7-8-9(14)3-2-4-10(8)15/h2-4,11H,5-7H2,1H3,(H,16,18). The SMILES string of the molecule is CN1CCC(NC(=O)Cc2c(Cl)cccc2Cl)C1=O. The van der Waals surface area contributed by atoms with Gasteiger partial charge in [0.25, 0.3) is 0 Å². The second-order valence-corrected chi connectivity index (χ2v) is 5.36. The highest BCUT2D eigenvalue weighted by Gasteiger charge is 2.30. The second kappa shape index (κ2) is 5.80. The average molecular weight is 301 g/mol. The van der Waals surface area contributed by atoms with Crippen molar-refractivity contribution in [2.24, 2.45) is 0 Å². The van der Waals surface area contributed by atoms with Crippen LogP contribution in [0.25, 0.3) is 0 Å². The maximum absolute atomic E-state index is 11.9. The van der Waals surface area contributed by atoms with Gasteiger partial charge in [0.05, 0.1) is 6.42 Å². The molecule has 1 aromatic rings. The lowest BCUT2D eigenvalue weighted by Gasteiger charge is -2.13. The summed E-state index contributed by atoms with van der Waals surface area (Å²) >= 11 is 12.0. The predicted molar refractivity (Wildman–Crippen MR) is 74.4 cm³/mol. The van der Waals surface area contributed by atoms with E-state index < -0.39 is 6.04 Å². The molecule has 4 nitrogen and oxygen atoms in total. The highest BCUT2D eigenvalue weighted by atomic mass is 35.5. The number of hydrogen-bond donors (Lipinski definition) is 1. The number of carbonyl (C=O) groups excluding carboxylic acids is 2. The Bertz CT molecular complexity index is 499. The lowest BCUT2D eigenvalue weighted by atomic mass is 10.1. The van der Waals surface area contributed by atoms with E-state index in [-0.39, 0.29) is 18.2 Å². The van der Waals surface area contributed by atoms with Crippen LogP contribution in [0, 0.1) is 0 Å². The molecule has 1 heterocycles. The number of rotatable bonds is 3. The Kier molecular flexibility index (Phi) is 4.32. The molecule has 1 unspecified atom stereocenters. The highest BCUT2D eigenvalue weighted by molar-refractivity contribution is 6.36. The minimum absolute atomic E-state index is 0.0568. The van der Waals surface area contributed by atoms with Crippen molar-refractivity contribution in [3.05, 3.63) is 33.8 Å². The summed E-state index contributed by atoms with van der Waals surface area (Å²) in [4.78, 5) is 25.2. The summed E-state index contributed by atoms with van der Waals surface area (Å²) in [5.74, 6) is -0.303. The molecule has 0 aromatic heterocycles. The monoisotopic (exact) mass is 300 g/mol. The molecule has 0 aliphatic carbocycles. The normalized spacial score (nSPS) is 18.8. The van der Waals surface area contributed by atoms with Crippen molar-refractivity contribution in [1.82, 2.24) is 10.2 Å². The Hall–Kier alpha value is -1.26. The molecule has 1 fully saturated rings. The Balaban J connectivity index is 2.00. The first kappa shape index (κ1) is 14.2. The fraction of sp³-hybridized carbons (Fsp3) is 0.385. The molecule has 1 aliphatic rings. The number of nitrogens with zero attached hydrogens (tertiary/aromatic N) is 1. The van der Waals surface area contributed by atoms with Crippen molar-refractivity contribution in [3.8, 4) is 0 Å². The van der Waals surface area contributed by atoms with Gasteiger partial charge in [0, 0.05) is 23.6 Å². The fourth-order valence-corrected chi connectivity index (χ4v) is 2.59. The molecule has 1 aliphatic heterocycles. The van der Waals surface area contributed by atoms with E-state index in [4.69, 9.17) is 23.2 Å². The number of nitrogens with one attached hydrogen (secondary N) is 1. The van der Waals surface area contributed by atoms with E-state index in [0.29, 0.717) is 28.6 Å². The van der Waals surface area contributed by atoms with Gasteiger partial charge < -0.3 is 10.2 Å². The average Bonchev–Trinajstić information content (AvgIpc) is 2.66. The van der Waals surface area contributed by atoms with Crippen LogP contribution in [0.2, 0.25) is 10.0 Å². The summed E-state index contributed by atoms with van der Waals surface area (Å²) in [6.07, 6.45) is 0.712. The molecule has 19 heavy (non-hydrogen) atoms. The zero-order chi connectivity index (χ0) is 14.0. The van der Waals surface area contributed by atoms with E-state index in [0.717, 1.165) is 0 Å². The third kappa shape index (κ3) is 3.19. The van der Waals surface area contributed by atoms with E-state index in [9.17, 15) is 9.59 Å². The van der Waals surface area contributed by atoms with Crippen LogP contribution < -0.4 is 5.32 Å². The smallest absolute Gasteiger partial charge is 0.244 e. The first-order chi connectivity index (χ1) is 8.99. The van der Waals surface area contributed by atoms with E-state index >= 15 is 0 Å². The van der Waals surface area contributed by atoms with Crippen LogP contribution in [-0.4, -0.2) is 36.3 Å². The third-order valence-electron chi connectivity index (χ3n) is 3.16. The molecule has 1 saturated heterocycles. The highest BCUT2D eigenvalue weighted by Crippen LogP contribution is 2.24. The zero-order valence-electron chi connectivity index (χ0n) is 10.5. The number of hydrogen-bond acceptors (Lipinski definition) is 2. The van der Waals surface area contributed by atoms with Crippen molar-refractivity contribution in [1.29, 1.82) is 0 Å². The summed E-state index contributed by atoms with van der Waals surface area (Å²) in [7, 11) is 1.72. The molecule has 1 atom stereocenters. The summed E-state index contributed by atoms with van der Waals surface area (Å²) in [6.45, 7) is 0.663. The van der Waals surface area contributed by atoms with Crippen molar-refractivity contribution >= 4 is 35.0 Å². The van der Waals surface area contributed by atoms with Crippen molar-refractivity contribution in [2.75, 3.05) is 13.6 Å². The molecule has 0 spiro atoms. The number of likely N-dealkylation sites (tertiary alicyclic amines) is 1. The van der Waals surface area contributed by atoms with Crippen LogP contribution >= 0.6 is 23.2 Å². The van der Waals surface area contributed by atoms with Gasteiger partial charge in [-0.3, -0.25) is 9.59 Å². The van der Waals surface area contributed by atoms with Gasteiger partial charge in [-0.2, -0.15) is 0 Å². The Labute approximate surface area is 121 Å². The lowest BCUT2D eigenvalue weighted by molar-refractivity contribution is -0.131. The van der Waals surface area contributed by atoms with Crippen LogP contribution in [0.15, 0.2) is 18.2 Å². The van der Waals surface area contributed by atoms with Gasteiger partial charge in [-0.25, -0.2) is 0 Å². The molecule has 0 saturated carbocycles. The van der Waals surface area contributed by atoms with Gasteiger partial charge in [-0.05, 0) is 24.1 Å². The molecule has 0 radical (unpaired) electrons. The largest absolute Gasteiger partial charge is 0.344 e. The zero-order valence-corrected chi connectivity index (χ0v) is 12.0. The molecular formula is C13H14Cl2N2O2. The van der Waals surface area contributed by atoms with Crippen molar-refractivity contribution in [2.45, 2.75) is 18.9 Å². The molecule has 2 rings (SSSR count). The Morgan fingerprint density at radius 1 is 1.42 bits per heavy atom. The molecular weight excluding hydrogens is 287 g/mol. The van der Waals surface area contributed by atoms with Gasteiger partial charge in [0.1, 0.15) is 6.04 Å². The van der Waals surface area contributed by atoms with Crippen molar-refractivity contribution in [3.63, 3.8) is 0 Å². The maximum Gasteiger partial charge on any atom is 0.244 e. The summed E-state index contributed by atoms with van der Waals surface area (Å²) in [5.41, 5.74) is 0.585. The van der Waals surface area contributed by atoms with E-state index in [2.05, 4.69) is 5.32 Å². The van der Waals surface area contributed by atoms with Crippen LogP contribution in [0.5, 0.6) is 0 Å². The molecule has 6 heteroatoms. The lowest BCUT2D eigenvalue weighted by Crippen LogP contribution is -2.41. The van der Waals surface area contributed by atoms with Crippen LogP contribution in [0.3, 0.4) is 0 Å². The van der Waals surface area contributed by atoms with Crippen LogP contribution in [0.1, 0.15) is 12.0 Å². The van der Waals surface area contributed by atoms with E-state index in [1.165, 1.54) is 0 Å². The first-order valence-electron chi connectivity index (χ1n) is 5.96. The minimum Gasteiger partial charge on any atom is -0.344 e. The summed E-state index contributed by atoms with van der Waals surface area (Å²) in [6, 6.07) is 4.66. The minimum atomic E-state index is -0.432. The van der Waals surface area contributed by atoms with E-state index in [1.54, 1.807) is 30.1 Å². The summed E-state index contributed by atoms with van der Waals surface area (Å²) < 4.78 is 0. The number of carbonyl (C=O) groups is 2. The van der Waals surface area contributed by atoms with E-state index in [1.807, 2.05) is 0 Å². The second-order valence-electron chi connectivity index (χ2n) is 4.55. The first-order valence-corrected chi connectivity index (χ1v) is 6.72. The molecule has 0 bridgehead atoms. The van der Waals surface area contributed by atoms with Gasteiger partial charge in [-0.15, -0.1) is 0 Å². The number of likely N-dealkylation sites (N-methyl/N-ethyl adjacent to an activating group) is 1. The van der Waals surface area contributed by atoms with Crippen LogP contribution in [-0.2, 0) is 16.0 Å². The maximum atomic E-state index is 11.9. The molecule has 102 valence electrons. The van der Waals surface area contributed by atoms with Gasteiger partial charge in [0.2, 0.25) is 11.8 Å². The van der Waals surface area contributed by atoms with Gasteiger partial charge >= 0.3 is 0 Å². The fourth-order valence-electron chi connectivity index (χ4n) is 2.06. The topological polar surface area (TPSA) is 49.4 Å². The van der Waals surface area contributed by atoms with Crippen molar-refractivity contribution < 1.29 is 9.59 Å². The molecule has 1 aromatic carbocycles. The number of benzene rings is 1.